The van der Waals surface area contributed by atoms with Crippen molar-refractivity contribution in [1.29, 1.82) is 0 Å². The molecule has 4 rings (SSSR count). The number of amides is 1. The van der Waals surface area contributed by atoms with E-state index in [2.05, 4.69) is 15.1 Å². The molecule has 0 radical (unpaired) electrons. The van der Waals surface area contributed by atoms with Crippen molar-refractivity contribution in [3.05, 3.63) is 72.1 Å². The highest BCUT2D eigenvalue weighted by Crippen LogP contribution is 2.24. The summed E-state index contributed by atoms with van der Waals surface area (Å²) in [4.78, 5) is 12.5. The van der Waals surface area contributed by atoms with E-state index in [4.69, 9.17) is 0 Å². The van der Waals surface area contributed by atoms with E-state index in [1.54, 1.807) is 29.1 Å². The molecule has 1 heterocycles. The Hall–Kier alpha value is -2.97. The summed E-state index contributed by atoms with van der Waals surface area (Å²) in [6.07, 6.45) is 7.69. The lowest BCUT2D eigenvalue weighted by Gasteiger charge is -2.16. The van der Waals surface area contributed by atoms with E-state index in [9.17, 15) is 13.2 Å². The van der Waals surface area contributed by atoms with Crippen LogP contribution in [0, 0.1) is 0 Å². The van der Waals surface area contributed by atoms with E-state index in [-0.39, 0.29) is 23.8 Å². The minimum absolute atomic E-state index is 0.0318. The van der Waals surface area contributed by atoms with Gasteiger partial charge in [0, 0.05) is 31.0 Å². The third-order valence-corrected chi connectivity index (χ3v) is 6.63. The van der Waals surface area contributed by atoms with E-state index in [0.717, 1.165) is 36.9 Å². The maximum absolute atomic E-state index is 12.6. The fourth-order valence-corrected chi connectivity index (χ4v) is 4.71. The molecule has 0 fully saturated rings. The maximum atomic E-state index is 12.6. The van der Waals surface area contributed by atoms with E-state index in [0.29, 0.717) is 5.69 Å². The zero-order valence-corrected chi connectivity index (χ0v) is 17.4. The molecular formula is C22H24N4O3S. The van der Waals surface area contributed by atoms with Crippen LogP contribution in [0.1, 0.15) is 30.4 Å². The Balaban J connectivity index is 1.33. The molecule has 1 aliphatic rings. The van der Waals surface area contributed by atoms with Crippen LogP contribution >= 0.6 is 0 Å². The van der Waals surface area contributed by atoms with Gasteiger partial charge in [0.15, 0.2) is 0 Å². The zero-order valence-electron chi connectivity index (χ0n) is 16.5. The number of hydrogen-bond acceptors (Lipinski definition) is 4. The number of aromatic nitrogens is 2. The summed E-state index contributed by atoms with van der Waals surface area (Å²) in [6.45, 7) is 0.0318. The Kier molecular flexibility index (Phi) is 5.96. The number of fused-ring (bicyclic) bond motifs is 1. The lowest BCUT2D eigenvalue weighted by Crippen LogP contribution is -2.28. The van der Waals surface area contributed by atoms with Gasteiger partial charge in [-0.05, 0) is 73.2 Å². The monoisotopic (exact) mass is 424 g/mol. The third-order valence-electron chi connectivity index (χ3n) is 5.17. The van der Waals surface area contributed by atoms with Crippen molar-refractivity contribution in [2.75, 3.05) is 11.9 Å². The SMILES string of the molecule is O=C(CCNS(=O)(=O)c1ccc2c(c1)CCCC2)Nc1cccc(-n2cccn2)c1. The second-order valence-corrected chi connectivity index (χ2v) is 9.10. The topological polar surface area (TPSA) is 93.1 Å². The molecule has 0 saturated carbocycles. The molecule has 3 aromatic rings. The van der Waals surface area contributed by atoms with Gasteiger partial charge in [-0.1, -0.05) is 12.1 Å². The molecule has 2 aromatic carbocycles. The number of aryl methyl sites for hydroxylation is 2. The number of hydrogen-bond donors (Lipinski definition) is 2. The van der Waals surface area contributed by atoms with Crippen LogP contribution in [0.4, 0.5) is 5.69 Å². The third kappa shape index (κ3) is 4.77. The van der Waals surface area contributed by atoms with Crippen molar-refractivity contribution in [3.63, 3.8) is 0 Å². The van der Waals surface area contributed by atoms with Crippen molar-refractivity contribution in [1.82, 2.24) is 14.5 Å². The van der Waals surface area contributed by atoms with Crippen molar-refractivity contribution in [3.8, 4) is 5.69 Å². The van der Waals surface area contributed by atoms with Crippen LogP contribution in [0.5, 0.6) is 0 Å². The first-order chi connectivity index (χ1) is 14.5. The van der Waals surface area contributed by atoms with Crippen LogP contribution in [0.2, 0.25) is 0 Å². The minimum Gasteiger partial charge on any atom is -0.326 e. The second kappa shape index (κ2) is 8.81. The van der Waals surface area contributed by atoms with Gasteiger partial charge in [0.1, 0.15) is 0 Å². The van der Waals surface area contributed by atoms with Crippen LogP contribution in [0.3, 0.4) is 0 Å². The van der Waals surface area contributed by atoms with Gasteiger partial charge in [0.25, 0.3) is 0 Å². The van der Waals surface area contributed by atoms with Crippen LogP contribution in [-0.4, -0.2) is 30.7 Å². The Bertz CT molecular complexity index is 1140. The number of nitrogens with zero attached hydrogens (tertiary/aromatic N) is 2. The summed E-state index contributed by atoms with van der Waals surface area (Å²) in [7, 11) is -3.64. The molecule has 1 aliphatic carbocycles. The molecule has 0 bridgehead atoms. The molecule has 1 aromatic heterocycles. The summed E-state index contributed by atoms with van der Waals surface area (Å²) in [5.74, 6) is -0.263. The lowest BCUT2D eigenvalue weighted by molar-refractivity contribution is -0.116. The van der Waals surface area contributed by atoms with Crippen molar-refractivity contribution in [2.24, 2.45) is 0 Å². The summed E-state index contributed by atoms with van der Waals surface area (Å²) >= 11 is 0. The fourth-order valence-electron chi connectivity index (χ4n) is 3.63. The molecule has 0 saturated heterocycles. The Labute approximate surface area is 176 Å². The number of nitrogens with one attached hydrogen (secondary N) is 2. The highest BCUT2D eigenvalue weighted by molar-refractivity contribution is 7.89. The highest BCUT2D eigenvalue weighted by Gasteiger charge is 2.18. The molecular weight excluding hydrogens is 400 g/mol. The summed E-state index contributed by atoms with van der Waals surface area (Å²) in [6, 6.07) is 14.4. The van der Waals surface area contributed by atoms with Gasteiger partial charge >= 0.3 is 0 Å². The van der Waals surface area contributed by atoms with Crippen molar-refractivity contribution in [2.45, 2.75) is 37.0 Å². The van der Waals surface area contributed by atoms with Gasteiger partial charge < -0.3 is 5.32 Å². The molecule has 8 heteroatoms. The molecule has 0 unspecified atom stereocenters. The first-order valence-corrected chi connectivity index (χ1v) is 11.5. The zero-order chi connectivity index (χ0) is 21.0. The van der Waals surface area contributed by atoms with Gasteiger partial charge in [0.05, 0.1) is 10.6 Å². The summed E-state index contributed by atoms with van der Waals surface area (Å²) in [5.41, 5.74) is 3.80. The lowest BCUT2D eigenvalue weighted by atomic mass is 9.92. The van der Waals surface area contributed by atoms with Gasteiger partial charge in [-0.3, -0.25) is 4.79 Å². The van der Waals surface area contributed by atoms with Crippen molar-refractivity contribution < 1.29 is 13.2 Å². The van der Waals surface area contributed by atoms with Crippen LogP contribution in [-0.2, 0) is 27.7 Å². The Morgan fingerprint density at radius 3 is 2.67 bits per heavy atom. The first-order valence-electron chi connectivity index (χ1n) is 10.0. The maximum Gasteiger partial charge on any atom is 0.240 e. The largest absolute Gasteiger partial charge is 0.326 e. The van der Waals surface area contributed by atoms with Gasteiger partial charge in [-0.25, -0.2) is 17.8 Å². The number of benzene rings is 2. The van der Waals surface area contributed by atoms with E-state index in [1.807, 2.05) is 36.5 Å². The average Bonchev–Trinajstić information content (AvgIpc) is 3.28. The highest BCUT2D eigenvalue weighted by atomic mass is 32.2. The van der Waals surface area contributed by atoms with Gasteiger partial charge in [-0.2, -0.15) is 5.10 Å². The Morgan fingerprint density at radius 2 is 1.87 bits per heavy atom. The average molecular weight is 425 g/mol. The molecule has 156 valence electrons. The minimum atomic E-state index is -3.64. The van der Waals surface area contributed by atoms with Crippen LogP contribution in [0.15, 0.2) is 65.8 Å². The predicted molar refractivity (Wildman–Crippen MR) is 115 cm³/mol. The normalized spacial score (nSPS) is 13.6. The predicted octanol–water partition coefficient (Wildman–Crippen LogP) is 3.06. The molecule has 0 spiro atoms. The number of carbonyl (C=O) groups is 1. The molecule has 1 amide bonds. The van der Waals surface area contributed by atoms with Crippen LogP contribution < -0.4 is 10.0 Å². The number of sulfonamides is 1. The molecule has 2 N–H and O–H groups in total. The van der Waals surface area contributed by atoms with E-state index >= 15 is 0 Å². The summed E-state index contributed by atoms with van der Waals surface area (Å²) in [5, 5.41) is 6.96. The second-order valence-electron chi connectivity index (χ2n) is 7.33. The fraction of sp³-hybridized carbons (Fsp3) is 0.273. The first kappa shape index (κ1) is 20.3. The van der Waals surface area contributed by atoms with Gasteiger partial charge in [-0.15, -0.1) is 0 Å². The molecule has 0 aliphatic heterocycles. The molecule has 30 heavy (non-hydrogen) atoms. The van der Waals surface area contributed by atoms with E-state index in [1.165, 1.54) is 5.56 Å². The van der Waals surface area contributed by atoms with Gasteiger partial charge in [0.2, 0.25) is 15.9 Å². The smallest absolute Gasteiger partial charge is 0.240 e. The summed E-state index contributed by atoms with van der Waals surface area (Å²) < 4.78 is 29.4. The van der Waals surface area contributed by atoms with E-state index < -0.39 is 10.0 Å². The standard InChI is InChI=1S/C22H24N4O3S/c27-22(25-19-7-3-8-20(16-19)26-14-4-12-23-26)11-13-24-30(28,29)21-10-9-17-5-1-2-6-18(17)15-21/h3-4,7-10,12,14-16,24H,1-2,5-6,11,13H2,(H,25,27). The number of rotatable bonds is 7. The quantitative estimate of drug-likeness (QED) is 0.610. The van der Waals surface area contributed by atoms with Crippen molar-refractivity contribution >= 4 is 21.6 Å². The Morgan fingerprint density at radius 1 is 1.03 bits per heavy atom. The number of anilines is 1. The molecule has 7 nitrogen and oxygen atoms in total. The molecule has 0 atom stereocenters. The van der Waals surface area contributed by atoms with Crippen LogP contribution in [0.25, 0.3) is 5.69 Å². The number of carbonyl (C=O) groups excluding carboxylic acids is 1.